The normalized spacial score (nSPS) is 10.8. The molecular formula is C24H20BaN2O6S2. The summed E-state index contributed by atoms with van der Waals surface area (Å²) in [5.41, 5.74) is 3.24. The summed E-state index contributed by atoms with van der Waals surface area (Å²) in [4.78, 5) is -0.452. The molecule has 0 saturated heterocycles. The molecule has 0 radical (unpaired) electrons. The van der Waals surface area contributed by atoms with Crippen molar-refractivity contribution in [3.63, 3.8) is 0 Å². The molecule has 11 heteroatoms. The van der Waals surface area contributed by atoms with Gasteiger partial charge in [-0.25, -0.2) is 16.8 Å². The van der Waals surface area contributed by atoms with Crippen molar-refractivity contribution < 1.29 is 25.9 Å². The predicted molar refractivity (Wildman–Crippen MR) is 134 cm³/mol. The molecule has 35 heavy (non-hydrogen) atoms. The summed E-state index contributed by atoms with van der Waals surface area (Å²) in [7, 11) is -8.74. The second kappa shape index (κ2) is 13.3. The van der Waals surface area contributed by atoms with Gasteiger partial charge < -0.3 is 19.7 Å². The Morgan fingerprint density at radius 3 is 0.943 bits per heavy atom. The minimum Gasteiger partial charge on any atom is -0.744 e. The van der Waals surface area contributed by atoms with Gasteiger partial charge in [-0.2, -0.15) is 0 Å². The standard InChI is InChI=1S/2C12H11NO3S.Ba/c2*14-17(15,16)12-8-6-11(7-9-12)13-10-4-2-1-3-5-10;/h2*1-9,13H,(H,14,15,16);/q;;+2/p-2. The first-order valence-corrected chi connectivity index (χ1v) is 12.7. The van der Waals surface area contributed by atoms with Crippen LogP contribution in [-0.4, -0.2) is 74.8 Å². The first kappa shape index (κ1) is 29.1. The summed E-state index contributed by atoms with van der Waals surface area (Å²) in [6, 6.07) is 30.3. The van der Waals surface area contributed by atoms with Crippen molar-refractivity contribution in [3.05, 3.63) is 109 Å². The summed E-state index contributed by atoms with van der Waals surface area (Å²) in [5, 5.41) is 6.17. The number of anilines is 4. The molecule has 0 spiro atoms. The molecular weight excluding hydrogens is 614 g/mol. The Morgan fingerprint density at radius 2 is 0.686 bits per heavy atom. The first-order chi connectivity index (χ1) is 16.1. The maximum atomic E-state index is 10.7. The van der Waals surface area contributed by atoms with E-state index in [4.69, 9.17) is 0 Å². The Hall–Kier alpha value is -2.13. The molecule has 0 aromatic heterocycles. The number of hydrogen-bond donors (Lipinski definition) is 2. The van der Waals surface area contributed by atoms with E-state index in [2.05, 4.69) is 10.6 Å². The van der Waals surface area contributed by atoms with Crippen LogP contribution < -0.4 is 10.6 Å². The molecule has 4 aromatic rings. The van der Waals surface area contributed by atoms with E-state index in [9.17, 15) is 25.9 Å². The van der Waals surface area contributed by atoms with Crippen LogP contribution >= 0.6 is 0 Å². The molecule has 8 nitrogen and oxygen atoms in total. The van der Waals surface area contributed by atoms with Crippen molar-refractivity contribution in [1.29, 1.82) is 0 Å². The van der Waals surface area contributed by atoms with Gasteiger partial charge in [0.05, 0.1) is 9.79 Å². The summed E-state index contributed by atoms with van der Waals surface area (Å²) in [6.07, 6.45) is 0. The molecule has 0 heterocycles. The van der Waals surface area contributed by atoms with Crippen LogP contribution in [0.4, 0.5) is 22.7 Å². The molecule has 0 unspecified atom stereocenters. The van der Waals surface area contributed by atoms with E-state index in [-0.39, 0.29) is 58.7 Å². The molecule has 4 aromatic carbocycles. The number of para-hydroxylation sites is 2. The van der Waals surface area contributed by atoms with Crippen molar-refractivity contribution in [2.24, 2.45) is 0 Å². The predicted octanol–water partition coefficient (Wildman–Crippen LogP) is 4.29. The van der Waals surface area contributed by atoms with Crippen LogP contribution in [0.1, 0.15) is 0 Å². The second-order valence-corrected chi connectivity index (χ2v) is 9.70. The van der Waals surface area contributed by atoms with E-state index < -0.39 is 20.2 Å². The van der Waals surface area contributed by atoms with Crippen LogP contribution in [0.5, 0.6) is 0 Å². The van der Waals surface area contributed by atoms with E-state index in [0.717, 1.165) is 22.7 Å². The zero-order valence-electron chi connectivity index (χ0n) is 18.4. The van der Waals surface area contributed by atoms with E-state index >= 15 is 0 Å². The molecule has 0 aliphatic rings. The molecule has 176 valence electrons. The fraction of sp³-hybridized carbons (Fsp3) is 0. The van der Waals surface area contributed by atoms with Gasteiger partial charge in [0.25, 0.3) is 0 Å². The zero-order chi connectivity index (χ0) is 24.6. The van der Waals surface area contributed by atoms with E-state index in [1.807, 2.05) is 60.7 Å². The monoisotopic (exact) mass is 634 g/mol. The van der Waals surface area contributed by atoms with Crippen LogP contribution in [0.3, 0.4) is 0 Å². The quantitative estimate of drug-likeness (QED) is 0.237. The van der Waals surface area contributed by atoms with E-state index in [1.165, 1.54) is 24.3 Å². The molecule has 0 amide bonds. The summed E-state index contributed by atoms with van der Waals surface area (Å²) in [6.45, 7) is 0. The molecule has 4 rings (SSSR count). The van der Waals surface area contributed by atoms with Gasteiger partial charge in [0, 0.05) is 22.7 Å². The number of hydrogen-bond acceptors (Lipinski definition) is 8. The Labute approximate surface area is 245 Å². The Balaban J connectivity index is 0.000000240. The Morgan fingerprint density at radius 1 is 0.429 bits per heavy atom. The van der Waals surface area contributed by atoms with E-state index in [0.29, 0.717) is 0 Å². The molecule has 0 saturated carbocycles. The smallest absolute Gasteiger partial charge is 0.744 e. The van der Waals surface area contributed by atoms with Crippen molar-refractivity contribution in [2.45, 2.75) is 9.79 Å². The van der Waals surface area contributed by atoms with Gasteiger partial charge in [0.1, 0.15) is 20.2 Å². The number of benzene rings is 4. The number of rotatable bonds is 6. The molecule has 0 fully saturated rings. The van der Waals surface area contributed by atoms with Crippen molar-refractivity contribution in [3.8, 4) is 0 Å². The Bertz CT molecular complexity index is 1300. The molecule has 2 N–H and O–H groups in total. The van der Waals surface area contributed by atoms with Crippen LogP contribution in [0, 0.1) is 0 Å². The summed E-state index contributed by atoms with van der Waals surface area (Å²) < 4.78 is 64.4. The fourth-order valence-corrected chi connectivity index (χ4v) is 3.73. The van der Waals surface area contributed by atoms with Crippen molar-refractivity contribution in [2.75, 3.05) is 10.6 Å². The summed E-state index contributed by atoms with van der Waals surface area (Å²) in [5.74, 6) is 0. The Kier molecular flexibility index (Phi) is 11.0. The maximum Gasteiger partial charge on any atom is 2.00 e. The topological polar surface area (TPSA) is 138 Å². The fourth-order valence-electron chi connectivity index (χ4n) is 2.79. The number of nitrogens with one attached hydrogen (secondary N) is 2. The molecule has 0 bridgehead atoms. The minimum absolute atomic E-state index is 0. The SMILES string of the molecule is O=S(=O)([O-])c1ccc(Nc2ccccc2)cc1.O=S(=O)([O-])c1ccc(Nc2ccccc2)cc1.[Ba+2]. The average Bonchev–Trinajstić information content (AvgIpc) is 2.80. The van der Waals surface area contributed by atoms with E-state index in [1.54, 1.807) is 24.3 Å². The van der Waals surface area contributed by atoms with Gasteiger partial charge in [0.2, 0.25) is 0 Å². The largest absolute Gasteiger partial charge is 2.00 e. The average molecular weight is 634 g/mol. The van der Waals surface area contributed by atoms with Crippen LogP contribution in [0.2, 0.25) is 0 Å². The third-order valence-electron chi connectivity index (χ3n) is 4.41. The zero-order valence-corrected chi connectivity index (χ0v) is 24.4. The van der Waals surface area contributed by atoms with Gasteiger partial charge in [0.15, 0.2) is 0 Å². The second-order valence-electron chi connectivity index (χ2n) is 6.94. The molecule has 0 aliphatic heterocycles. The first-order valence-electron chi connectivity index (χ1n) is 9.87. The molecule has 0 aliphatic carbocycles. The molecule has 0 atom stereocenters. The van der Waals surface area contributed by atoms with Gasteiger partial charge in [-0.15, -0.1) is 0 Å². The van der Waals surface area contributed by atoms with Gasteiger partial charge in [-0.1, -0.05) is 36.4 Å². The van der Waals surface area contributed by atoms with Crippen LogP contribution in [0.25, 0.3) is 0 Å². The minimum atomic E-state index is -4.37. The third kappa shape index (κ3) is 9.80. The van der Waals surface area contributed by atoms with Gasteiger partial charge in [-0.05, 0) is 72.8 Å². The van der Waals surface area contributed by atoms with Crippen molar-refractivity contribution in [1.82, 2.24) is 0 Å². The van der Waals surface area contributed by atoms with Crippen LogP contribution in [0.15, 0.2) is 119 Å². The van der Waals surface area contributed by atoms with Gasteiger partial charge in [-0.3, -0.25) is 0 Å². The summed E-state index contributed by atoms with van der Waals surface area (Å²) >= 11 is 0. The van der Waals surface area contributed by atoms with Crippen LogP contribution in [-0.2, 0) is 20.2 Å². The van der Waals surface area contributed by atoms with Gasteiger partial charge >= 0.3 is 48.9 Å². The third-order valence-corrected chi connectivity index (χ3v) is 6.11. The maximum absolute atomic E-state index is 10.7. The van der Waals surface area contributed by atoms with Crippen molar-refractivity contribution >= 4 is 91.9 Å².